The first-order chi connectivity index (χ1) is 4.74. The van der Waals surface area contributed by atoms with Crippen LogP contribution in [0, 0.1) is 22.4 Å². The Kier molecular flexibility index (Phi) is 1.50. The number of nitrogens with zero attached hydrogens (tertiary/aromatic N) is 2. The number of pyridine rings is 1. The summed E-state index contributed by atoms with van der Waals surface area (Å²) in [6.45, 7) is 0. The Hall–Kier alpha value is -1.63. The molecular weight excluding hydrogens is 135 g/mol. The highest BCUT2D eigenvalue weighted by molar-refractivity contribution is 5.13. The minimum absolute atomic E-state index is 0.110. The molecule has 0 N–H and O–H groups in total. The lowest BCUT2D eigenvalue weighted by atomic mass is 10.4. The molecule has 1 rings (SSSR count). The molecule has 50 valence electrons. The standard InChI is InChI=1S/C6H3FN2O/c7-5-1-2-6(3-8)9(10)4-5/h1-2,4H. The summed E-state index contributed by atoms with van der Waals surface area (Å²) in [5, 5.41) is 18.7. The molecule has 0 aliphatic carbocycles. The number of hydrogen-bond acceptors (Lipinski definition) is 2. The first-order valence-electron chi connectivity index (χ1n) is 2.53. The van der Waals surface area contributed by atoms with E-state index in [9.17, 15) is 9.60 Å². The topological polar surface area (TPSA) is 50.7 Å². The van der Waals surface area contributed by atoms with E-state index in [1.54, 1.807) is 6.07 Å². The highest BCUT2D eigenvalue weighted by Gasteiger charge is 2.02. The Bertz CT molecular complexity index is 292. The van der Waals surface area contributed by atoms with Gasteiger partial charge in [0.15, 0.2) is 11.9 Å². The fraction of sp³-hybridized carbons (Fsp3) is 0. The van der Waals surface area contributed by atoms with Crippen LogP contribution in [0.3, 0.4) is 0 Å². The van der Waals surface area contributed by atoms with E-state index in [1.165, 1.54) is 0 Å². The Labute approximate surface area is 56.5 Å². The molecule has 0 aliphatic rings. The van der Waals surface area contributed by atoms with Gasteiger partial charge in [0.2, 0.25) is 6.20 Å². The highest BCUT2D eigenvalue weighted by atomic mass is 19.1. The van der Waals surface area contributed by atoms with Crippen molar-refractivity contribution in [1.82, 2.24) is 0 Å². The van der Waals surface area contributed by atoms with Crippen LogP contribution in [0.1, 0.15) is 5.69 Å². The molecule has 1 heterocycles. The van der Waals surface area contributed by atoms with E-state index in [2.05, 4.69) is 0 Å². The van der Waals surface area contributed by atoms with Crippen molar-refractivity contribution in [3.63, 3.8) is 0 Å². The summed E-state index contributed by atoms with van der Waals surface area (Å²) in [7, 11) is 0. The summed E-state index contributed by atoms with van der Waals surface area (Å²) >= 11 is 0. The summed E-state index contributed by atoms with van der Waals surface area (Å²) in [5.41, 5.74) is -0.110. The van der Waals surface area contributed by atoms with Gasteiger partial charge in [-0.25, -0.2) is 4.39 Å². The van der Waals surface area contributed by atoms with Crippen LogP contribution in [-0.2, 0) is 0 Å². The maximum absolute atomic E-state index is 12.2. The van der Waals surface area contributed by atoms with Crippen molar-refractivity contribution in [3.05, 3.63) is 35.0 Å². The molecule has 0 atom stereocenters. The third-order valence-electron chi connectivity index (χ3n) is 0.993. The molecule has 0 amide bonds. The van der Waals surface area contributed by atoms with E-state index >= 15 is 0 Å². The van der Waals surface area contributed by atoms with Gasteiger partial charge in [-0.3, -0.25) is 0 Å². The van der Waals surface area contributed by atoms with Crippen LogP contribution in [0.15, 0.2) is 18.3 Å². The van der Waals surface area contributed by atoms with E-state index in [1.807, 2.05) is 0 Å². The number of hydrogen-bond donors (Lipinski definition) is 0. The normalized spacial score (nSPS) is 8.80. The van der Waals surface area contributed by atoms with Crippen molar-refractivity contribution in [2.45, 2.75) is 0 Å². The molecule has 0 saturated carbocycles. The first kappa shape index (κ1) is 6.49. The van der Waals surface area contributed by atoms with E-state index in [0.29, 0.717) is 6.20 Å². The zero-order chi connectivity index (χ0) is 7.56. The quantitative estimate of drug-likeness (QED) is 0.383. The van der Waals surface area contributed by atoms with Crippen LogP contribution in [0.4, 0.5) is 4.39 Å². The predicted molar refractivity (Wildman–Crippen MR) is 30.1 cm³/mol. The van der Waals surface area contributed by atoms with Gasteiger partial charge < -0.3 is 5.21 Å². The van der Waals surface area contributed by atoms with Crippen LogP contribution in [0.5, 0.6) is 0 Å². The molecule has 4 heteroatoms. The van der Waals surface area contributed by atoms with Crippen molar-refractivity contribution >= 4 is 0 Å². The first-order valence-corrected chi connectivity index (χ1v) is 2.53. The van der Waals surface area contributed by atoms with Gasteiger partial charge in [0, 0.05) is 6.07 Å². The lowest BCUT2D eigenvalue weighted by Crippen LogP contribution is -2.30. The maximum atomic E-state index is 12.2. The van der Waals surface area contributed by atoms with E-state index in [4.69, 9.17) is 5.26 Å². The fourth-order valence-corrected chi connectivity index (χ4v) is 0.543. The second-order valence-corrected chi connectivity index (χ2v) is 1.67. The monoisotopic (exact) mass is 138 g/mol. The second-order valence-electron chi connectivity index (χ2n) is 1.67. The van der Waals surface area contributed by atoms with Crippen molar-refractivity contribution in [3.8, 4) is 6.07 Å². The number of halogens is 1. The minimum Gasteiger partial charge on any atom is -0.618 e. The van der Waals surface area contributed by atoms with Crippen LogP contribution < -0.4 is 4.73 Å². The molecule has 0 fully saturated rings. The Morgan fingerprint density at radius 1 is 1.60 bits per heavy atom. The molecule has 3 nitrogen and oxygen atoms in total. The van der Waals surface area contributed by atoms with Crippen LogP contribution in [0.25, 0.3) is 0 Å². The van der Waals surface area contributed by atoms with Gasteiger partial charge in [0.1, 0.15) is 0 Å². The molecule has 0 spiro atoms. The molecule has 0 aromatic carbocycles. The van der Waals surface area contributed by atoms with Gasteiger partial charge in [-0.2, -0.15) is 9.99 Å². The van der Waals surface area contributed by atoms with Crippen molar-refractivity contribution in [2.24, 2.45) is 0 Å². The third kappa shape index (κ3) is 1.03. The van der Waals surface area contributed by atoms with Crippen molar-refractivity contribution < 1.29 is 9.12 Å². The van der Waals surface area contributed by atoms with Gasteiger partial charge in [0.05, 0.1) is 0 Å². The number of nitriles is 1. The Morgan fingerprint density at radius 3 is 2.80 bits per heavy atom. The van der Waals surface area contributed by atoms with Crippen LogP contribution in [-0.4, -0.2) is 0 Å². The van der Waals surface area contributed by atoms with E-state index < -0.39 is 5.82 Å². The van der Waals surface area contributed by atoms with Gasteiger partial charge in [-0.1, -0.05) is 0 Å². The lowest BCUT2D eigenvalue weighted by molar-refractivity contribution is -0.610. The maximum Gasteiger partial charge on any atom is 0.294 e. The molecule has 0 radical (unpaired) electrons. The highest BCUT2D eigenvalue weighted by Crippen LogP contribution is 1.93. The second kappa shape index (κ2) is 2.31. The summed E-state index contributed by atoms with van der Waals surface area (Å²) in [6, 6.07) is 3.80. The predicted octanol–water partition coefficient (Wildman–Crippen LogP) is 0.331. The minimum atomic E-state index is -0.644. The van der Waals surface area contributed by atoms with Gasteiger partial charge in [-0.15, -0.1) is 0 Å². The van der Waals surface area contributed by atoms with Gasteiger partial charge >= 0.3 is 0 Å². The zero-order valence-electron chi connectivity index (χ0n) is 4.91. The molecule has 1 aromatic rings. The van der Waals surface area contributed by atoms with Gasteiger partial charge in [0.25, 0.3) is 5.69 Å². The summed E-state index contributed by atoms with van der Waals surface area (Å²) in [5.74, 6) is -0.644. The zero-order valence-corrected chi connectivity index (χ0v) is 4.91. The molecule has 10 heavy (non-hydrogen) atoms. The molecule has 1 aromatic heterocycles. The molecule has 0 bridgehead atoms. The Balaban J connectivity index is 3.23. The molecule has 0 saturated heterocycles. The number of aromatic nitrogens is 1. The van der Waals surface area contributed by atoms with E-state index in [0.717, 1.165) is 12.1 Å². The smallest absolute Gasteiger partial charge is 0.294 e. The average Bonchev–Trinajstić information content (AvgIpc) is 1.88. The molecule has 0 unspecified atom stereocenters. The number of rotatable bonds is 0. The SMILES string of the molecule is N#Cc1ccc(F)c[n+]1[O-]. The average molecular weight is 138 g/mol. The largest absolute Gasteiger partial charge is 0.618 e. The Morgan fingerprint density at radius 2 is 2.30 bits per heavy atom. The lowest BCUT2D eigenvalue weighted by Gasteiger charge is -1.94. The van der Waals surface area contributed by atoms with Crippen LogP contribution in [0.2, 0.25) is 0 Å². The van der Waals surface area contributed by atoms with Crippen LogP contribution >= 0.6 is 0 Å². The van der Waals surface area contributed by atoms with Gasteiger partial charge in [-0.05, 0) is 6.07 Å². The third-order valence-corrected chi connectivity index (χ3v) is 0.993. The van der Waals surface area contributed by atoms with E-state index in [-0.39, 0.29) is 10.4 Å². The molecule has 0 aliphatic heterocycles. The summed E-state index contributed by atoms with van der Waals surface area (Å²) in [6.07, 6.45) is 0.707. The fourth-order valence-electron chi connectivity index (χ4n) is 0.543. The molecular formula is C6H3FN2O. The van der Waals surface area contributed by atoms with Crippen molar-refractivity contribution in [1.29, 1.82) is 5.26 Å². The van der Waals surface area contributed by atoms with Crippen molar-refractivity contribution in [2.75, 3.05) is 0 Å². The summed E-state index contributed by atoms with van der Waals surface area (Å²) in [4.78, 5) is 0. The summed E-state index contributed by atoms with van der Waals surface area (Å²) < 4.78 is 12.3.